The molecule has 2 saturated carbocycles. The van der Waals surface area contributed by atoms with Crippen molar-refractivity contribution < 1.29 is 0 Å². The van der Waals surface area contributed by atoms with Crippen LogP contribution in [0.2, 0.25) is 0 Å². The standard InChI is InChI=1S/C16H25N3/c1-19(12-13-5-2-3-6-13)16-14(7-4-10-17-16)11-18-15-8-9-15/h4,7,10,13,15,18H,2-3,5-6,8-9,11-12H2,1H3. The Morgan fingerprint density at radius 1 is 1.26 bits per heavy atom. The van der Waals surface area contributed by atoms with Crippen molar-refractivity contribution in [2.24, 2.45) is 5.92 Å². The fraction of sp³-hybridized carbons (Fsp3) is 0.688. The average molecular weight is 259 g/mol. The third-order valence-electron chi connectivity index (χ3n) is 4.39. The first-order valence-corrected chi connectivity index (χ1v) is 7.71. The van der Waals surface area contributed by atoms with Crippen LogP contribution in [0, 0.1) is 5.92 Å². The van der Waals surface area contributed by atoms with Crippen molar-refractivity contribution in [3.05, 3.63) is 23.9 Å². The summed E-state index contributed by atoms with van der Waals surface area (Å²) in [6.07, 6.45) is 10.2. The second-order valence-electron chi connectivity index (χ2n) is 6.17. The van der Waals surface area contributed by atoms with Gasteiger partial charge < -0.3 is 10.2 Å². The molecule has 0 saturated heterocycles. The van der Waals surface area contributed by atoms with Gasteiger partial charge in [-0.25, -0.2) is 4.98 Å². The van der Waals surface area contributed by atoms with E-state index < -0.39 is 0 Å². The van der Waals surface area contributed by atoms with Crippen LogP contribution < -0.4 is 10.2 Å². The molecular formula is C16H25N3. The smallest absolute Gasteiger partial charge is 0.132 e. The van der Waals surface area contributed by atoms with E-state index in [-0.39, 0.29) is 0 Å². The predicted octanol–water partition coefficient (Wildman–Crippen LogP) is 2.96. The maximum atomic E-state index is 4.60. The van der Waals surface area contributed by atoms with Crippen molar-refractivity contribution in [1.82, 2.24) is 10.3 Å². The second-order valence-corrected chi connectivity index (χ2v) is 6.17. The second kappa shape index (κ2) is 5.91. The van der Waals surface area contributed by atoms with Crippen LogP contribution in [-0.4, -0.2) is 24.6 Å². The van der Waals surface area contributed by atoms with Gasteiger partial charge in [-0.3, -0.25) is 0 Å². The lowest BCUT2D eigenvalue weighted by atomic mass is 10.1. The number of nitrogens with one attached hydrogen (secondary N) is 1. The van der Waals surface area contributed by atoms with E-state index >= 15 is 0 Å². The molecule has 1 aromatic heterocycles. The molecule has 1 aromatic rings. The Morgan fingerprint density at radius 2 is 2.05 bits per heavy atom. The van der Waals surface area contributed by atoms with Crippen LogP contribution in [0.4, 0.5) is 5.82 Å². The van der Waals surface area contributed by atoms with Gasteiger partial charge in [-0.05, 0) is 37.7 Å². The molecule has 1 heterocycles. The summed E-state index contributed by atoms with van der Waals surface area (Å²) >= 11 is 0. The molecule has 3 nitrogen and oxygen atoms in total. The number of hydrogen-bond acceptors (Lipinski definition) is 3. The molecule has 0 aliphatic heterocycles. The van der Waals surface area contributed by atoms with E-state index in [2.05, 4.69) is 34.4 Å². The molecule has 0 radical (unpaired) electrons. The predicted molar refractivity (Wildman–Crippen MR) is 79.3 cm³/mol. The Kier molecular flexibility index (Phi) is 4.02. The first-order valence-electron chi connectivity index (χ1n) is 7.71. The molecule has 1 N–H and O–H groups in total. The first kappa shape index (κ1) is 12.9. The number of pyridine rings is 1. The van der Waals surface area contributed by atoms with Gasteiger partial charge in [-0.15, -0.1) is 0 Å². The van der Waals surface area contributed by atoms with E-state index in [1.807, 2.05) is 6.20 Å². The van der Waals surface area contributed by atoms with E-state index in [1.54, 1.807) is 0 Å². The topological polar surface area (TPSA) is 28.2 Å². The van der Waals surface area contributed by atoms with Crippen molar-refractivity contribution in [1.29, 1.82) is 0 Å². The highest BCUT2D eigenvalue weighted by atomic mass is 15.2. The summed E-state index contributed by atoms with van der Waals surface area (Å²) in [5.41, 5.74) is 1.34. The van der Waals surface area contributed by atoms with Gasteiger partial charge in [0, 0.05) is 37.9 Å². The van der Waals surface area contributed by atoms with Crippen molar-refractivity contribution in [2.75, 3.05) is 18.5 Å². The molecule has 0 atom stereocenters. The Hall–Kier alpha value is -1.09. The van der Waals surface area contributed by atoms with E-state index in [4.69, 9.17) is 0 Å². The van der Waals surface area contributed by atoms with Gasteiger partial charge in [0.25, 0.3) is 0 Å². The van der Waals surface area contributed by atoms with Crippen molar-refractivity contribution >= 4 is 5.82 Å². The molecule has 2 aliphatic carbocycles. The van der Waals surface area contributed by atoms with Crippen molar-refractivity contribution in [2.45, 2.75) is 51.1 Å². The summed E-state index contributed by atoms with van der Waals surface area (Å²) in [5, 5.41) is 3.60. The fourth-order valence-corrected chi connectivity index (χ4v) is 3.12. The van der Waals surface area contributed by atoms with Crippen LogP contribution in [0.25, 0.3) is 0 Å². The number of anilines is 1. The lowest BCUT2D eigenvalue weighted by Gasteiger charge is -2.24. The lowest BCUT2D eigenvalue weighted by Crippen LogP contribution is -2.27. The SMILES string of the molecule is CN(CC1CCCC1)c1ncccc1CNC1CC1. The molecule has 104 valence electrons. The van der Waals surface area contributed by atoms with Crippen LogP contribution in [0.3, 0.4) is 0 Å². The molecule has 0 bridgehead atoms. The molecule has 3 heteroatoms. The van der Waals surface area contributed by atoms with Crippen LogP contribution >= 0.6 is 0 Å². The molecule has 19 heavy (non-hydrogen) atoms. The summed E-state index contributed by atoms with van der Waals surface area (Å²) in [5.74, 6) is 2.04. The largest absolute Gasteiger partial charge is 0.359 e. The maximum Gasteiger partial charge on any atom is 0.132 e. The molecule has 2 aliphatic rings. The number of nitrogens with zero attached hydrogens (tertiary/aromatic N) is 2. The Morgan fingerprint density at radius 3 is 2.79 bits per heavy atom. The molecule has 0 unspecified atom stereocenters. The highest BCUT2D eigenvalue weighted by molar-refractivity contribution is 5.46. The zero-order valence-corrected chi connectivity index (χ0v) is 11.9. The highest BCUT2D eigenvalue weighted by Crippen LogP contribution is 2.27. The number of rotatable bonds is 6. The third kappa shape index (κ3) is 3.47. The van der Waals surface area contributed by atoms with Gasteiger partial charge >= 0.3 is 0 Å². The van der Waals surface area contributed by atoms with Crippen LogP contribution in [0.5, 0.6) is 0 Å². The minimum absolute atomic E-state index is 0.758. The third-order valence-corrected chi connectivity index (χ3v) is 4.39. The van der Waals surface area contributed by atoms with Gasteiger partial charge in [0.15, 0.2) is 0 Å². The van der Waals surface area contributed by atoms with Gasteiger partial charge in [-0.2, -0.15) is 0 Å². The fourth-order valence-electron chi connectivity index (χ4n) is 3.12. The molecule has 0 spiro atoms. The maximum absolute atomic E-state index is 4.60. The molecule has 0 amide bonds. The Balaban J connectivity index is 1.63. The highest BCUT2D eigenvalue weighted by Gasteiger charge is 2.22. The number of aromatic nitrogens is 1. The van der Waals surface area contributed by atoms with Crippen LogP contribution in [0.1, 0.15) is 44.1 Å². The average Bonchev–Trinajstić information content (AvgIpc) is 3.13. The van der Waals surface area contributed by atoms with Gasteiger partial charge in [-0.1, -0.05) is 18.9 Å². The van der Waals surface area contributed by atoms with E-state index in [9.17, 15) is 0 Å². The van der Waals surface area contributed by atoms with E-state index in [1.165, 1.54) is 49.9 Å². The normalized spacial score (nSPS) is 19.8. The zero-order valence-electron chi connectivity index (χ0n) is 11.9. The van der Waals surface area contributed by atoms with Gasteiger partial charge in [0.2, 0.25) is 0 Å². The molecular weight excluding hydrogens is 234 g/mol. The molecule has 0 aromatic carbocycles. The van der Waals surface area contributed by atoms with Gasteiger partial charge in [0.1, 0.15) is 5.82 Å². The zero-order chi connectivity index (χ0) is 13.1. The Labute approximate surface area is 116 Å². The van der Waals surface area contributed by atoms with E-state index in [0.29, 0.717) is 0 Å². The Bertz CT molecular complexity index is 408. The molecule has 3 rings (SSSR count). The summed E-state index contributed by atoms with van der Waals surface area (Å²) in [6.45, 7) is 2.12. The summed E-state index contributed by atoms with van der Waals surface area (Å²) in [4.78, 5) is 6.97. The van der Waals surface area contributed by atoms with Crippen LogP contribution in [-0.2, 0) is 6.54 Å². The molecule has 2 fully saturated rings. The monoisotopic (exact) mass is 259 g/mol. The summed E-state index contributed by atoms with van der Waals surface area (Å²) in [7, 11) is 2.20. The minimum Gasteiger partial charge on any atom is -0.359 e. The van der Waals surface area contributed by atoms with Gasteiger partial charge in [0.05, 0.1) is 0 Å². The summed E-state index contributed by atoms with van der Waals surface area (Å²) < 4.78 is 0. The van der Waals surface area contributed by atoms with Crippen molar-refractivity contribution in [3.8, 4) is 0 Å². The van der Waals surface area contributed by atoms with Crippen molar-refractivity contribution in [3.63, 3.8) is 0 Å². The first-order chi connectivity index (χ1) is 9.33. The minimum atomic E-state index is 0.758. The number of hydrogen-bond donors (Lipinski definition) is 1. The van der Waals surface area contributed by atoms with E-state index in [0.717, 1.165) is 25.0 Å². The van der Waals surface area contributed by atoms with Crippen LogP contribution in [0.15, 0.2) is 18.3 Å². The lowest BCUT2D eigenvalue weighted by molar-refractivity contribution is 0.543. The quantitative estimate of drug-likeness (QED) is 0.851. The summed E-state index contributed by atoms with van der Waals surface area (Å²) in [6, 6.07) is 5.02.